The van der Waals surface area contributed by atoms with Crippen LogP contribution in [0.4, 0.5) is 10.1 Å². The van der Waals surface area contributed by atoms with Gasteiger partial charge in [0.15, 0.2) is 0 Å². The number of carbonyl (C=O) groups excluding carboxylic acids is 2. The Kier molecular flexibility index (Phi) is 9.88. The highest BCUT2D eigenvalue weighted by Crippen LogP contribution is 2.27. The van der Waals surface area contributed by atoms with Gasteiger partial charge in [-0.2, -0.15) is 0 Å². The molecule has 1 atom stereocenters. The molecule has 0 aromatic heterocycles. The van der Waals surface area contributed by atoms with Gasteiger partial charge < -0.3 is 10.2 Å². The van der Waals surface area contributed by atoms with E-state index in [1.165, 1.54) is 41.3 Å². The van der Waals surface area contributed by atoms with E-state index in [1.54, 1.807) is 12.1 Å². The van der Waals surface area contributed by atoms with E-state index in [0.717, 1.165) is 16.1 Å². The van der Waals surface area contributed by atoms with Crippen LogP contribution in [-0.4, -0.2) is 50.0 Å². The summed E-state index contributed by atoms with van der Waals surface area (Å²) < 4.78 is 40.0. The predicted molar refractivity (Wildman–Crippen MR) is 148 cm³/mol. The number of hydrogen-bond donors (Lipinski definition) is 1. The maximum Gasteiger partial charge on any atom is 0.244 e. The molecule has 0 aliphatic carbocycles. The first-order chi connectivity index (χ1) is 18.0. The fourth-order valence-electron chi connectivity index (χ4n) is 3.97. The Hall–Kier alpha value is -3.43. The average Bonchev–Trinajstić information content (AvgIpc) is 2.85. The zero-order valence-corrected chi connectivity index (χ0v) is 23.0. The first kappa shape index (κ1) is 29.1. The second kappa shape index (κ2) is 12.9. The van der Waals surface area contributed by atoms with Crippen molar-refractivity contribution in [2.75, 3.05) is 17.1 Å². The van der Waals surface area contributed by atoms with Crippen molar-refractivity contribution >= 4 is 39.1 Å². The van der Waals surface area contributed by atoms with Crippen molar-refractivity contribution < 1.29 is 22.4 Å². The van der Waals surface area contributed by atoms with Crippen LogP contribution in [0.1, 0.15) is 25.0 Å². The van der Waals surface area contributed by atoms with Crippen molar-refractivity contribution in [3.63, 3.8) is 0 Å². The van der Waals surface area contributed by atoms with Crippen LogP contribution in [0.25, 0.3) is 0 Å². The number of rotatable bonds is 11. The Morgan fingerprint density at radius 1 is 0.921 bits per heavy atom. The molecular formula is C28H31ClFN3O4S. The largest absolute Gasteiger partial charge is 0.352 e. The Labute approximate surface area is 228 Å². The first-order valence-electron chi connectivity index (χ1n) is 12.1. The van der Waals surface area contributed by atoms with E-state index >= 15 is 0 Å². The molecule has 0 bridgehead atoms. The van der Waals surface area contributed by atoms with E-state index in [9.17, 15) is 22.4 Å². The molecule has 3 rings (SSSR count). The van der Waals surface area contributed by atoms with Crippen LogP contribution in [-0.2, 0) is 32.6 Å². The zero-order chi connectivity index (χ0) is 27.9. The lowest BCUT2D eigenvalue weighted by molar-refractivity contribution is -0.140. The minimum absolute atomic E-state index is 0.0394. The third kappa shape index (κ3) is 8.03. The van der Waals surface area contributed by atoms with Gasteiger partial charge in [0, 0.05) is 19.0 Å². The maximum absolute atomic E-state index is 13.9. The molecule has 1 N–H and O–H groups in total. The fraction of sp³-hybridized carbons (Fsp3) is 0.286. The number of amides is 2. The first-order valence-corrected chi connectivity index (χ1v) is 14.3. The summed E-state index contributed by atoms with van der Waals surface area (Å²) in [6.07, 6.45) is 1.18. The Morgan fingerprint density at radius 2 is 1.53 bits per heavy atom. The van der Waals surface area contributed by atoms with E-state index in [0.29, 0.717) is 5.56 Å². The highest BCUT2D eigenvalue weighted by atomic mass is 35.5. The van der Waals surface area contributed by atoms with Crippen LogP contribution in [0.3, 0.4) is 0 Å². The molecule has 7 nitrogen and oxygen atoms in total. The molecule has 0 saturated heterocycles. The molecule has 0 saturated carbocycles. The minimum Gasteiger partial charge on any atom is -0.352 e. The van der Waals surface area contributed by atoms with Gasteiger partial charge in [-0.05, 0) is 49.2 Å². The summed E-state index contributed by atoms with van der Waals surface area (Å²) in [6.45, 7) is 3.01. The van der Waals surface area contributed by atoms with Gasteiger partial charge in [0.2, 0.25) is 21.8 Å². The lowest BCUT2D eigenvalue weighted by Gasteiger charge is -2.34. The second-order valence-electron chi connectivity index (χ2n) is 9.24. The van der Waals surface area contributed by atoms with Gasteiger partial charge in [0.25, 0.3) is 0 Å². The van der Waals surface area contributed by atoms with Gasteiger partial charge >= 0.3 is 0 Å². The van der Waals surface area contributed by atoms with Crippen molar-refractivity contribution in [1.82, 2.24) is 10.2 Å². The summed E-state index contributed by atoms with van der Waals surface area (Å²) in [5.41, 5.74) is 1.55. The topological polar surface area (TPSA) is 86.8 Å². The van der Waals surface area contributed by atoms with Crippen LogP contribution in [0.5, 0.6) is 0 Å². The summed E-state index contributed by atoms with van der Waals surface area (Å²) in [5.74, 6) is -1.44. The van der Waals surface area contributed by atoms with Gasteiger partial charge in [0.1, 0.15) is 18.4 Å². The molecular weight excluding hydrogens is 529 g/mol. The molecule has 0 radical (unpaired) electrons. The molecule has 0 fully saturated rings. The lowest BCUT2D eigenvalue weighted by Crippen LogP contribution is -2.54. The quantitative estimate of drug-likeness (QED) is 0.377. The van der Waals surface area contributed by atoms with Gasteiger partial charge in [-0.15, -0.1) is 0 Å². The SMILES string of the molecule is CC(C)NC(=O)[C@@H](Cc1ccccc1)N(Cc1ccc(F)cc1)C(=O)CN(c1ccccc1Cl)S(C)(=O)=O. The number of para-hydroxylation sites is 1. The van der Waals surface area contributed by atoms with E-state index in [1.807, 2.05) is 44.2 Å². The van der Waals surface area contributed by atoms with Crippen molar-refractivity contribution in [1.29, 1.82) is 0 Å². The monoisotopic (exact) mass is 559 g/mol. The van der Waals surface area contributed by atoms with Crippen LogP contribution in [0.15, 0.2) is 78.9 Å². The van der Waals surface area contributed by atoms with Crippen molar-refractivity contribution in [3.8, 4) is 0 Å². The van der Waals surface area contributed by atoms with Crippen LogP contribution < -0.4 is 9.62 Å². The Bertz CT molecular complexity index is 1350. The van der Waals surface area contributed by atoms with Crippen LogP contribution in [0.2, 0.25) is 5.02 Å². The number of halogens is 2. The number of anilines is 1. The van der Waals surface area contributed by atoms with Gasteiger partial charge in [0.05, 0.1) is 17.0 Å². The summed E-state index contributed by atoms with van der Waals surface area (Å²) >= 11 is 6.28. The molecule has 202 valence electrons. The number of benzene rings is 3. The van der Waals surface area contributed by atoms with Gasteiger partial charge in [-0.1, -0.05) is 66.2 Å². The summed E-state index contributed by atoms with van der Waals surface area (Å²) in [6, 6.07) is 20.0. The molecule has 10 heteroatoms. The predicted octanol–water partition coefficient (Wildman–Crippen LogP) is 4.41. The molecule has 3 aromatic rings. The third-order valence-corrected chi connectivity index (χ3v) is 7.21. The smallest absolute Gasteiger partial charge is 0.244 e. The lowest BCUT2D eigenvalue weighted by atomic mass is 10.0. The molecule has 0 spiro atoms. The van der Waals surface area contributed by atoms with E-state index < -0.39 is 34.3 Å². The number of carbonyl (C=O) groups is 2. The molecule has 0 aliphatic rings. The molecule has 0 aliphatic heterocycles. The zero-order valence-electron chi connectivity index (χ0n) is 21.5. The van der Waals surface area contributed by atoms with E-state index in [2.05, 4.69) is 5.32 Å². The highest BCUT2D eigenvalue weighted by molar-refractivity contribution is 7.92. The number of sulfonamides is 1. The average molecular weight is 560 g/mol. The van der Waals surface area contributed by atoms with Gasteiger partial charge in [-0.3, -0.25) is 13.9 Å². The van der Waals surface area contributed by atoms with Gasteiger partial charge in [-0.25, -0.2) is 12.8 Å². The molecule has 38 heavy (non-hydrogen) atoms. The fourth-order valence-corrected chi connectivity index (χ4v) is 5.12. The Balaban J connectivity index is 2.06. The van der Waals surface area contributed by atoms with Crippen molar-refractivity contribution in [2.45, 2.75) is 38.9 Å². The molecule has 2 amide bonds. The second-order valence-corrected chi connectivity index (χ2v) is 11.6. The normalized spacial score (nSPS) is 12.2. The highest BCUT2D eigenvalue weighted by Gasteiger charge is 2.33. The van der Waals surface area contributed by atoms with Crippen molar-refractivity contribution in [2.24, 2.45) is 0 Å². The van der Waals surface area contributed by atoms with E-state index in [-0.39, 0.29) is 35.6 Å². The van der Waals surface area contributed by atoms with E-state index in [4.69, 9.17) is 11.6 Å². The summed E-state index contributed by atoms with van der Waals surface area (Å²) in [5, 5.41) is 3.03. The maximum atomic E-state index is 13.9. The van der Waals surface area contributed by atoms with Crippen LogP contribution in [0, 0.1) is 5.82 Å². The standard InChI is InChI=1S/C28H31ClFN3O4S/c1-20(2)31-28(35)26(17-21-9-5-4-6-10-21)32(18-22-13-15-23(30)16-14-22)27(34)19-33(38(3,36)37)25-12-8-7-11-24(25)29/h4-16,20,26H,17-19H2,1-3H3,(H,31,35)/t26-/m1/s1. The summed E-state index contributed by atoms with van der Waals surface area (Å²) in [7, 11) is -3.92. The number of nitrogens with zero attached hydrogens (tertiary/aromatic N) is 2. The Morgan fingerprint density at radius 3 is 2.11 bits per heavy atom. The number of hydrogen-bond acceptors (Lipinski definition) is 4. The molecule has 0 unspecified atom stereocenters. The molecule has 3 aromatic carbocycles. The molecule has 0 heterocycles. The van der Waals surface area contributed by atoms with Crippen LogP contribution >= 0.6 is 11.6 Å². The number of nitrogens with one attached hydrogen (secondary N) is 1. The third-order valence-electron chi connectivity index (χ3n) is 5.77. The van der Waals surface area contributed by atoms with Crippen molar-refractivity contribution in [3.05, 3.63) is 101 Å². The summed E-state index contributed by atoms with van der Waals surface area (Å²) in [4.78, 5) is 28.7. The minimum atomic E-state index is -3.92.